The third-order valence-electron chi connectivity index (χ3n) is 3.86. The third-order valence-corrected chi connectivity index (χ3v) is 3.86. The van der Waals surface area contributed by atoms with E-state index >= 15 is 0 Å². The molecule has 0 radical (unpaired) electrons. The van der Waals surface area contributed by atoms with E-state index in [0.29, 0.717) is 12.3 Å². The Morgan fingerprint density at radius 2 is 2.00 bits per heavy atom. The molecular formula is C17H19NO2. The van der Waals surface area contributed by atoms with Crippen molar-refractivity contribution < 1.29 is 9.84 Å². The second kappa shape index (κ2) is 6.06. The maximum Gasteiger partial charge on any atom is 0.122 e. The zero-order chi connectivity index (χ0) is 13.8. The SMILES string of the molecule is OC(Cc1ccncc1)CC1CCOc2ccccc21. The van der Waals surface area contributed by atoms with Crippen molar-refractivity contribution in [3.05, 3.63) is 59.9 Å². The van der Waals surface area contributed by atoms with Crippen molar-refractivity contribution >= 4 is 0 Å². The zero-order valence-corrected chi connectivity index (χ0v) is 11.4. The number of benzene rings is 1. The van der Waals surface area contributed by atoms with E-state index in [-0.39, 0.29) is 6.10 Å². The minimum Gasteiger partial charge on any atom is -0.493 e. The summed E-state index contributed by atoms with van der Waals surface area (Å²) in [6.45, 7) is 0.740. The lowest BCUT2D eigenvalue weighted by Gasteiger charge is -2.27. The summed E-state index contributed by atoms with van der Waals surface area (Å²) >= 11 is 0. The maximum atomic E-state index is 10.3. The van der Waals surface area contributed by atoms with Crippen molar-refractivity contribution in [1.82, 2.24) is 4.98 Å². The molecule has 2 aromatic rings. The van der Waals surface area contributed by atoms with E-state index in [1.807, 2.05) is 30.3 Å². The van der Waals surface area contributed by atoms with E-state index in [1.165, 1.54) is 5.56 Å². The molecule has 1 N–H and O–H groups in total. The molecule has 3 heteroatoms. The minimum atomic E-state index is -0.325. The molecule has 0 spiro atoms. The molecule has 0 saturated carbocycles. The van der Waals surface area contributed by atoms with Crippen molar-refractivity contribution in [2.45, 2.75) is 31.3 Å². The number of hydrogen-bond donors (Lipinski definition) is 1. The number of nitrogens with zero attached hydrogens (tertiary/aromatic N) is 1. The van der Waals surface area contributed by atoms with Crippen molar-refractivity contribution in [1.29, 1.82) is 0 Å². The summed E-state index contributed by atoms with van der Waals surface area (Å²) in [6, 6.07) is 12.1. The fourth-order valence-electron chi connectivity index (χ4n) is 2.86. The molecular weight excluding hydrogens is 250 g/mol. The van der Waals surface area contributed by atoms with E-state index in [4.69, 9.17) is 4.74 Å². The van der Waals surface area contributed by atoms with Crippen LogP contribution in [0, 0.1) is 0 Å². The molecule has 0 fully saturated rings. The molecule has 2 atom stereocenters. The predicted octanol–water partition coefficient (Wildman–Crippen LogP) is 2.94. The van der Waals surface area contributed by atoms with Gasteiger partial charge in [0.2, 0.25) is 0 Å². The van der Waals surface area contributed by atoms with Gasteiger partial charge >= 0.3 is 0 Å². The lowest BCUT2D eigenvalue weighted by molar-refractivity contribution is 0.143. The fourth-order valence-corrected chi connectivity index (χ4v) is 2.86. The van der Waals surface area contributed by atoms with E-state index in [9.17, 15) is 5.11 Å². The molecule has 3 nitrogen and oxygen atoms in total. The van der Waals surface area contributed by atoms with Gasteiger partial charge in [0.25, 0.3) is 0 Å². The number of aliphatic hydroxyl groups is 1. The second-order valence-corrected chi connectivity index (χ2v) is 5.32. The Hall–Kier alpha value is -1.87. The van der Waals surface area contributed by atoms with Crippen LogP contribution in [-0.2, 0) is 6.42 Å². The standard InChI is InChI=1S/C17H19NO2/c19-15(11-13-5-8-18-9-6-13)12-14-7-10-20-17-4-2-1-3-16(14)17/h1-6,8-9,14-15,19H,7,10-12H2. The van der Waals surface area contributed by atoms with Crippen LogP contribution in [0.4, 0.5) is 0 Å². The van der Waals surface area contributed by atoms with Crippen LogP contribution in [0.1, 0.15) is 29.9 Å². The Balaban J connectivity index is 1.66. The Labute approximate surface area is 119 Å². The molecule has 0 amide bonds. The van der Waals surface area contributed by atoms with Crippen LogP contribution in [0.5, 0.6) is 5.75 Å². The van der Waals surface area contributed by atoms with Crippen LogP contribution < -0.4 is 4.74 Å². The van der Waals surface area contributed by atoms with Gasteiger partial charge in [0.05, 0.1) is 12.7 Å². The first kappa shape index (κ1) is 13.1. The zero-order valence-electron chi connectivity index (χ0n) is 11.4. The summed E-state index contributed by atoms with van der Waals surface area (Å²) in [5.41, 5.74) is 2.36. The normalized spacial score (nSPS) is 18.9. The van der Waals surface area contributed by atoms with E-state index in [2.05, 4.69) is 11.1 Å². The molecule has 104 valence electrons. The highest BCUT2D eigenvalue weighted by Crippen LogP contribution is 2.36. The molecule has 0 bridgehead atoms. The first-order valence-corrected chi connectivity index (χ1v) is 7.11. The minimum absolute atomic E-state index is 0.325. The Morgan fingerprint density at radius 3 is 2.85 bits per heavy atom. The highest BCUT2D eigenvalue weighted by Gasteiger charge is 2.23. The average Bonchev–Trinajstić information content (AvgIpc) is 2.48. The van der Waals surface area contributed by atoms with E-state index < -0.39 is 0 Å². The molecule has 1 aromatic carbocycles. The largest absolute Gasteiger partial charge is 0.493 e. The van der Waals surface area contributed by atoms with Crippen LogP contribution in [0.3, 0.4) is 0 Å². The second-order valence-electron chi connectivity index (χ2n) is 5.32. The van der Waals surface area contributed by atoms with Gasteiger partial charge in [0.1, 0.15) is 5.75 Å². The van der Waals surface area contributed by atoms with Crippen LogP contribution in [0.25, 0.3) is 0 Å². The topological polar surface area (TPSA) is 42.4 Å². The summed E-state index contributed by atoms with van der Waals surface area (Å²) in [7, 11) is 0. The maximum absolute atomic E-state index is 10.3. The summed E-state index contributed by atoms with van der Waals surface area (Å²) in [4.78, 5) is 4.00. The highest BCUT2D eigenvalue weighted by molar-refractivity contribution is 5.37. The molecule has 20 heavy (non-hydrogen) atoms. The van der Waals surface area contributed by atoms with Crippen molar-refractivity contribution in [3.8, 4) is 5.75 Å². The van der Waals surface area contributed by atoms with Crippen molar-refractivity contribution in [2.75, 3.05) is 6.61 Å². The first-order valence-electron chi connectivity index (χ1n) is 7.11. The van der Waals surface area contributed by atoms with Gasteiger partial charge in [-0.2, -0.15) is 0 Å². The smallest absolute Gasteiger partial charge is 0.122 e. The Bertz CT molecular complexity index is 556. The number of aromatic nitrogens is 1. The van der Waals surface area contributed by atoms with Crippen molar-refractivity contribution in [2.24, 2.45) is 0 Å². The third kappa shape index (κ3) is 2.99. The van der Waals surface area contributed by atoms with Crippen LogP contribution >= 0.6 is 0 Å². The molecule has 1 aliphatic rings. The lowest BCUT2D eigenvalue weighted by atomic mass is 9.87. The van der Waals surface area contributed by atoms with E-state index in [0.717, 1.165) is 30.8 Å². The van der Waals surface area contributed by atoms with Gasteiger partial charge in [-0.25, -0.2) is 0 Å². The fraction of sp³-hybridized carbons (Fsp3) is 0.353. The number of rotatable bonds is 4. The van der Waals surface area contributed by atoms with Gasteiger partial charge in [-0.15, -0.1) is 0 Å². The number of pyridine rings is 1. The molecule has 0 saturated heterocycles. The summed E-state index contributed by atoms with van der Waals surface area (Å²) < 4.78 is 5.66. The monoisotopic (exact) mass is 269 g/mol. The number of para-hydroxylation sites is 1. The molecule has 2 unspecified atom stereocenters. The lowest BCUT2D eigenvalue weighted by Crippen LogP contribution is -2.20. The number of aliphatic hydroxyl groups excluding tert-OH is 1. The summed E-state index contributed by atoms with van der Waals surface area (Å²) in [5, 5.41) is 10.3. The summed E-state index contributed by atoms with van der Waals surface area (Å²) in [6.07, 6.45) is 5.65. The number of fused-ring (bicyclic) bond motifs is 1. The Kier molecular flexibility index (Phi) is 3.97. The van der Waals surface area contributed by atoms with Crippen molar-refractivity contribution in [3.63, 3.8) is 0 Å². The van der Waals surface area contributed by atoms with Crippen LogP contribution in [0.15, 0.2) is 48.8 Å². The molecule has 3 rings (SSSR count). The molecule has 0 aliphatic carbocycles. The van der Waals surface area contributed by atoms with Crippen LogP contribution in [-0.4, -0.2) is 22.8 Å². The molecule has 1 aliphatic heterocycles. The molecule has 1 aromatic heterocycles. The first-order chi connectivity index (χ1) is 9.83. The summed E-state index contributed by atoms with van der Waals surface area (Å²) in [5.74, 6) is 1.36. The van der Waals surface area contributed by atoms with E-state index in [1.54, 1.807) is 12.4 Å². The van der Waals surface area contributed by atoms with Gasteiger partial charge < -0.3 is 9.84 Å². The van der Waals surface area contributed by atoms with Crippen LogP contribution in [0.2, 0.25) is 0 Å². The van der Waals surface area contributed by atoms with Gasteiger partial charge in [-0.05, 0) is 54.5 Å². The Morgan fingerprint density at radius 1 is 1.20 bits per heavy atom. The van der Waals surface area contributed by atoms with Gasteiger partial charge in [0, 0.05) is 12.4 Å². The number of ether oxygens (including phenoxy) is 1. The van der Waals surface area contributed by atoms with Gasteiger partial charge in [-0.3, -0.25) is 4.98 Å². The van der Waals surface area contributed by atoms with Gasteiger partial charge in [-0.1, -0.05) is 18.2 Å². The quantitative estimate of drug-likeness (QED) is 0.928. The highest BCUT2D eigenvalue weighted by atomic mass is 16.5. The number of hydrogen-bond acceptors (Lipinski definition) is 3. The predicted molar refractivity (Wildman–Crippen MR) is 77.9 cm³/mol. The molecule has 2 heterocycles. The average molecular weight is 269 g/mol. The van der Waals surface area contributed by atoms with Gasteiger partial charge in [0.15, 0.2) is 0 Å².